The van der Waals surface area contributed by atoms with Crippen LogP contribution < -0.4 is 5.32 Å². The first-order valence-corrected chi connectivity index (χ1v) is 6.92. The van der Waals surface area contributed by atoms with Gasteiger partial charge in [-0.3, -0.25) is 0 Å². The number of aromatic nitrogens is 2. The maximum atomic E-state index is 4.44. The third-order valence-corrected chi connectivity index (χ3v) is 3.73. The Morgan fingerprint density at radius 3 is 3.05 bits per heavy atom. The first-order valence-electron chi connectivity index (χ1n) is 6.92. The van der Waals surface area contributed by atoms with Crippen LogP contribution in [0.2, 0.25) is 0 Å². The normalized spacial score (nSPS) is 18.1. The van der Waals surface area contributed by atoms with Crippen molar-refractivity contribution in [3.8, 4) is 0 Å². The number of fused-ring (bicyclic) bond motifs is 1. The van der Waals surface area contributed by atoms with Crippen LogP contribution in [0.3, 0.4) is 0 Å². The number of nitrogens with one attached hydrogen (secondary N) is 1. The summed E-state index contributed by atoms with van der Waals surface area (Å²) in [5.74, 6) is 0.836. The molecule has 1 aliphatic rings. The molecule has 3 heteroatoms. The lowest BCUT2D eigenvalue weighted by atomic mass is 9.88. The highest BCUT2D eigenvalue weighted by molar-refractivity contribution is 5.32. The summed E-state index contributed by atoms with van der Waals surface area (Å²) in [5, 5.41) is 3.63. The summed E-state index contributed by atoms with van der Waals surface area (Å²) < 4.78 is 0. The van der Waals surface area contributed by atoms with Crippen molar-refractivity contribution < 1.29 is 0 Å². The van der Waals surface area contributed by atoms with Gasteiger partial charge in [0.05, 0.1) is 5.69 Å². The van der Waals surface area contributed by atoms with Gasteiger partial charge in [0.25, 0.3) is 0 Å². The van der Waals surface area contributed by atoms with Gasteiger partial charge in [-0.1, -0.05) is 24.3 Å². The number of aryl methyl sites for hydroxylation is 2. The Kier molecular flexibility index (Phi) is 3.56. The van der Waals surface area contributed by atoms with Gasteiger partial charge in [-0.2, -0.15) is 0 Å². The Hall–Kier alpha value is -1.74. The zero-order chi connectivity index (χ0) is 13.1. The summed E-state index contributed by atoms with van der Waals surface area (Å²) in [4.78, 5) is 8.57. The van der Waals surface area contributed by atoms with E-state index in [9.17, 15) is 0 Å². The fourth-order valence-electron chi connectivity index (χ4n) is 2.80. The van der Waals surface area contributed by atoms with E-state index < -0.39 is 0 Å². The van der Waals surface area contributed by atoms with Crippen molar-refractivity contribution in [1.29, 1.82) is 0 Å². The van der Waals surface area contributed by atoms with Crippen molar-refractivity contribution in [3.05, 3.63) is 59.2 Å². The van der Waals surface area contributed by atoms with Crippen LogP contribution in [0.15, 0.2) is 36.5 Å². The molecule has 1 aromatic heterocycles. The van der Waals surface area contributed by atoms with Crippen molar-refractivity contribution in [3.63, 3.8) is 0 Å². The average molecular weight is 253 g/mol. The third kappa shape index (κ3) is 2.82. The molecule has 0 saturated heterocycles. The highest BCUT2D eigenvalue weighted by Crippen LogP contribution is 2.29. The van der Waals surface area contributed by atoms with E-state index in [0.29, 0.717) is 6.04 Å². The van der Waals surface area contributed by atoms with E-state index in [2.05, 4.69) is 39.6 Å². The molecule has 0 spiro atoms. The SMILES string of the molecule is Cc1nccc(CNC2CCCc3ccccc32)n1. The molecular formula is C16H19N3. The lowest BCUT2D eigenvalue weighted by Gasteiger charge is -2.26. The molecule has 1 N–H and O–H groups in total. The molecule has 3 rings (SSSR count). The minimum absolute atomic E-state index is 0.459. The van der Waals surface area contributed by atoms with Crippen molar-refractivity contribution in [2.24, 2.45) is 0 Å². The molecule has 1 aliphatic carbocycles. The lowest BCUT2D eigenvalue weighted by Crippen LogP contribution is -2.25. The summed E-state index contributed by atoms with van der Waals surface area (Å²) in [6.45, 7) is 2.74. The van der Waals surface area contributed by atoms with E-state index in [4.69, 9.17) is 0 Å². The topological polar surface area (TPSA) is 37.8 Å². The second-order valence-electron chi connectivity index (χ2n) is 5.12. The largest absolute Gasteiger partial charge is 0.304 e. The quantitative estimate of drug-likeness (QED) is 0.914. The van der Waals surface area contributed by atoms with Gasteiger partial charge < -0.3 is 5.32 Å². The standard InChI is InChI=1S/C16H19N3/c1-12-17-10-9-14(19-12)11-18-16-8-4-6-13-5-2-3-7-15(13)16/h2-3,5,7,9-10,16,18H,4,6,8,11H2,1H3. The highest BCUT2D eigenvalue weighted by atomic mass is 15.0. The summed E-state index contributed by atoms with van der Waals surface area (Å²) >= 11 is 0. The van der Waals surface area contributed by atoms with Gasteiger partial charge in [-0.05, 0) is 43.4 Å². The summed E-state index contributed by atoms with van der Waals surface area (Å²) in [6, 6.07) is 11.2. The molecule has 1 aromatic carbocycles. The van der Waals surface area contributed by atoms with Crippen LogP contribution in [0.5, 0.6) is 0 Å². The van der Waals surface area contributed by atoms with Crippen molar-refractivity contribution >= 4 is 0 Å². The Balaban J connectivity index is 1.71. The van der Waals surface area contributed by atoms with Crippen LogP contribution >= 0.6 is 0 Å². The van der Waals surface area contributed by atoms with Crippen LogP contribution in [0.4, 0.5) is 0 Å². The van der Waals surface area contributed by atoms with Crippen LogP contribution in [0.25, 0.3) is 0 Å². The van der Waals surface area contributed by atoms with Crippen molar-refractivity contribution in [2.45, 2.75) is 38.8 Å². The van der Waals surface area contributed by atoms with E-state index in [0.717, 1.165) is 18.1 Å². The first kappa shape index (κ1) is 12.3. The molecular weight excluding hydrogens is 234 g/mol. The molecule has 0 amide bonds. The Morgan fingerprint density at radius 2 is 2.16 bits per heavy atom. The van der Waals surface area contributed by atoms with Gasteiger partial charge in [0.2, 0.25) is 0 Å². The van der Waals surface area contributed by atoms with Crippen LogP contribution in [-0.2, 0) is 13.0 Å². The second kappa shape index (κ2) is 5.49. The smallest absolute Gasteiger partial charge is 0.125 e. The van der Waals surface area contributed by atoms with E-state index in [1.165, 1.54) is 30.4 Å². The van der Waals surface area contributed by atoms with Gasteiger partial charge in [0.1, 0.15) is 5.82 Å². The van der Waals surface area contributed by atoms with E-state index in [1.54, 1.807) is 0 Å². The molecule has 0 radical (unpaired) electrons. The maximum Gasteiger partial charge on any atom is 0.125 e. The third-order valence-electron chi connectivity index (χ3n) is 3.73. The molecule has 1 atom stereocenters. The van der Waals surface area contributed by atoms with Gasteiger partial charge in [0, 0.05) is 18.8 Å². The van der Waals surface area contributed by atoms with Gasteiger partial charge in [-0.15, -0.1) is 0 Å². The van der Waals surface area contributed by atoms with Gasteiger partial charge >= 0.3 is 0 Å². The number of hydrogen-bond donors (Lipinski definition) is 1. The predicted octanol–water partition coefficient (Wildman–Crippen LogP) is 2.95. The molecule has 1 unspecified atom stereocenters. The first-order chi connectivity index (χ1) is 9.33. The molecule has 1 heterocycles. The van der Waals surface area contributed by atoms with Gasteiger partial charge in [0.15, 0.2) is 0 Å². The van der Waals surface area contributed by atoms with E-state index >= 15 is 0 Å². The maximum absolute atomic E-state index is 4.44. The second-order valence-corrected chi connectivity index (χ2v) is 5.12. The van der Waals surface area contributed by atoms with Gasteiger partial charge in [-0.25, -0.2) is 9.97 Å². The number of nitrogens with zero attached hydrogens (tertiary/aromatic N) is 2. The van der Waals surface area contributed by atoms with Crippen LogP contribution in [0.1, 0.15) is 41.5 Å². The summed E-state index contributed by atoms with van der Waals surface area (Å²) in [6.07, 6.45) is 5.51. The fourth-order valence-corrected chi connectivity index (χ4v) is 2.80. The van der Waals surface area contributed by atoms with Crippen LogP contribution in [-0.4, -0.2) is 9.97 Å². The van der Waals surface area contributed by atoms with E-state index in [-0.39, 0.29) is 0 Å². The Morgan fingerprint density at radius 1 is 1.26 bits per heavy atom. The minimum Gasteiger partial charge on any atom is -0.304 e. The number of rotatable bonds is 3. The lowest BCUT2D eigenvalue weighted by molar-refractivity contribution is 0.456. The molecule has 3 nitrogen and oxygen atoms in total. The number of hydrogen-bond acceptors (Lipinski definition) is 3. The fraction of sp³-hybridized carbons (Fsp3) is 0.375. The molecule has 0 saturated carbocycles. The molecule has 2 aromatic rings. The molecule has 0 fully saturated rings. The van der Waals surface area contributed by atoms with E-state index in [1.807, 2.05) is 19.2 Å². The summed E-state index contributed by atoms with van der Waals surface area (Å²) in [5.41, 5.74) is 4.01. The molecule has 0 aliphatic heterocycles. The van der Waals surface area contributed by atoms with Crippen molar-refractivity contribution in [2.75, 3.05) is 0 Å². The minimum atomic E-state index is 0.459. The monoisotopic (exact) mass is 253 g/mol. The zero-order valence-electron chi connectivity index (χ0n) is 11.3. The molecule has 19 heavy (non-hydrogen) atoms. The Labute approximate surface area is 114 Å². The molecule has 0 bridgehead atoms. The predicted molar refractivity (Wildman–Crippen MR) is 75.7 cm³/mol. The number of benzene rings is 1. The highest BCUT2D eigenvalue weighted by Gasteiger charge is 2.18. The zero-order valence-corrected chi connectivity index (χ0v) is 11.3. The van der Waals surface area contributed by atoms with Crippen LogP contribution in [0, 0.1) is 6.92 Å². The average Bonchev–Trinajstić information content (AvgIpc) is 2.45. The van der Waals surface area contributed by atoms with Crippen molar-refractivity contribution in [1.82, 2.24) is 15.3 Å². The summed E-state index contributed by atoms with van der Waals surface area (Å²) in [7, 11) is 0. The Bertz CT molecular complexity index is 565. The molecule has 98 valence electrons.